The fourth-order valence-electron chi connectivity index (χ4n) is 2.85. The highest BCUT2D eigenvalue weighted by Gasteiger charge is 2.23. The molecule has 1 saturated carbocycles. The quantitative estimate of drug-likeness (QED) is 0.522. The van der Waals surface area contributed by atoms with Crippen LogP contribution < -0.4 is 16.0 Å². The van der Waals surface area contributed by atoms with Crippen LogP contribution in [0.5, 0.6) is 0 Å². The average molecular weight is 427 g/mol. The summed E-state index contributed by atoms with van der Waals surface area (Å²) in [6, 6.07) is 11.2. The fraction of sp³-hybridized carbons (Fsp3) is 0.286. The molecule has 0 saturated heterocycles. The van der Waals surface area contributed by atoms with Gasteiger partial charge in [0.2, 0.25) is 0 Å². The number of urea groups is 1. The molecule has 0 unspecified atom stereocenters. The van der Waals surface area contributed by atoms with Gasteiger partial charge in [0.25, 0.3) is 5.91 Å². The van der Waals surface area contributed by atoms with Gasteiger partial charge in [0.15, 0.2) is 0 Å². The molecule has 4 rings (SSSR count). The molecule has 8 heteroatoms. The largest absolute Gasteiger partial charge is 0.352 e. The summed E-state index contributed by atoms with van der Waals surface area (Å²) in [5.41, 5.74) is 2.15. The van der Waals surface area contributed by atoms with E-state index in [1.165, 1.54) is 4.88 Å². The van der Waals surface area contributed by atoms with Gasteiger partial charge < -0.3 is 16.0 Å². The molecule has 1 aliphatic rings. The lowest BCUT2D eigenvalue weighted by Gasteiger charge is -2.09. The Morgan fingerprint density at radius 2 is 2.07 bits per heavy atom. The SMILES string of the molecule is Cc1nc(-c2ccc(CCNC(=O)c3cccc(NC(=O)NC4CC4)c3)s2)cs1. The Morgan fingerprint density at radius 3 is 2.83 bits per heavy atom. The van der Waals surface area contributed by atoms with Crippen molar-refractivity contribution in [2.75, 3.05) is 11.9 Å². The molecule has 1 fully saturated rings. The summed E-state index contributed by atoms with van der Waals surface area (Å²) in [6.45, 7) is 2.55. The van der Waals surface area contributed by atoms with Crippen LogP contribution in [0.3, 0.4) is 0 Å². The van der Waals surface area contributed by atoms with E-state index < -0.39 is 0 Å². The van der Waals surface area contributed by atoms with Gasteiger partial charge in [0.1, 0.15) is 0 Å². The van der Waals surface area contributed by atoms with Crippen LogP contribution in [0, 0.1) is 6.92 Å². The summed E-state index contributed by atoms with van der Waals surface area (Å²) in [7, 11) is 0. The number of nitrogens with zero attached hydrogens (tertiary/aromatic N) is 1. The van der Waals surface area contributed by atoms with Gasteiger partial charge in [0, 0.05) is 34.1 Å². The molecule has 2 heterocycles. The molecular weight excluding hydrogens is 404 g/mol. The van der Waals surface area contributed by atoms with E-state index in [2.05, 4.69) is 38.4 Å². The maximum atomic E-state index is 12.4. The number of rotatable bonds is 7. The Balaban J connectivity index is 1.28. The van der Waals surface area contributed by atoms with Gasteiger partial charge in [-0.1, -0.05) is 6.07 Å². The van der Waals surface area contributed by atoms with Crippen LogP contribution in [0.1, 0.15) is 33.1 Å². The van der Waals surface area contributed by atoms with Crippen molar-refractivity contribution in [2.24, 2.45) is 0 Å². The van der Waals surface area contributed by atoms with Crippen molar-refractivity contribution in [1.29, 1.82) is 0 Å². The zero-order valence-corrected chi connectivity index (χ0v) is 17.7. The van der Waals surface area contributed by atoms with Crippen LogP contribution in [0.25, 0.3) is 10.6 Å². The van der Waals surface area contributed by atoms with Crippen LogP contribution >= 0.6 is 22.7 Å². The van der Waals surface area contributed by atoms with Crippen LogP contribution in [0.15, 0.2) is 41.8 Å². The molecule has 0 aliphatic heterocycles. The van der Waals surface area contributed by atoms with Gasteiger partial charge in [-0.3, -0.25) is 4.79 Å². The van der Waals surface area contributed by atoms with E-state index >= 15 is 0 Å². The molecule has 3 aromatic rings. The van der Waals surface area contributed by atoms with E-state index in [1.54, 1.807) is 46.9 Å². The van der Waals surface area contributed by atoms with E-state index in [0.29, 0.717) is 23.8 Å². The molecule has 3 N–H and O–H groups in total. The first-order valence-corrected chi connectivity index (χ1v) is 11.2. The van der Waals surface area contributed by atoms with Crippen LogP contribution in [-0.4, -0.2) is 29.5 Å². The molecule has 150 valence electrons. The van der Waals surface area contributed by atoms with Crippen LogP contribution in [0.4, 0.5) is 10.5 Å². The first-order valence-electron chi connectivity index (χ1n) is 9.54. The monoisotopic (exact) mass is 426 g/mol. The lowest BCUT2D eigenvalue weighted by Crippen LogP contribution is -2.30. The van der Waals surface area contributed by atoms with E-state index in [4.69, 9.17) is 0 Å². The number of hydrogen-bond acceptors (Lipinski definition) is 5. The van der Waals surface area contributed by atoms with Crippen molar-refractivity contribution < 1.29 is 9.59 Å². The Labute approximate surface area is 177 Å². The number of thiazole rings is 1. The molecule has 3 amide bonds. The first kappa shape index (κ1) is 19.6. The third kappa shape index (κ3) is 5.42. The lowest BCUT2D eigenvalue weighted by molar-refractivity contribution is 0.0954. The van der Waals surface area contributed by atoms with E-state index in [1.807, 2.05) is 6.92 Å². The minimum atomic E-state index is -0.228. The second-order valence-corrected chi connectivity index (χ2v) is 9.21. The minimum absolute atomic E-state index is 0.150. The van der Waals surface area contributed by atoms with Crippen LogP contribution in [-0.2, 0) is 6.42 Å². The third-order valence-corrected chi connectivity index (χ3v) is 6.43. The summed E-state index contributed by atoms with van der Waals surface area (Å²) in [4.78, 5) is 31.2. The highest BCUT2D eigenvalue weighted by Crippen LogP contribution is 2.29. The molecule has 2 aromatic heterocycles. The molecule has 1 aliphatic carbocycles. The van der Waals surface area contributed by atoms with Gasteiger partial charge in [0.05, 0.1) is 15.6 Å². The van der Waals surface area contributed by atoms with E-state index in [9.17, 15) is 9.59 Å². The second-order valence-electron chi connectivity index (χ2n) is 6.98. The first-order chi connectivity index (χ1) is 14.1. The molecule has 0 spiro atoms. The maximum absolute atomic E-state index is 12.4. The van der Waals surface area contributed by atoms with Gasteiger partial charge in [-0.2, -0.15) is 0 Å². The molecule has 6 nitrogen and oxygen atoms in total. The Hall–Kier alpha value is -2.71. The lowest BCUT2D eigenvalue weighted by atomic mass is 10.2. The summed E-state index contributed by atoms with van der Waals surface area (Å²) < 4.78 is 0. The molecule has 29 heavy (non-hydrogen) atoms. The molecule has 0 bridgehead atoms. The topological polar surface area (TPSA) is 83.1 Å². The Bertz CT molecular complexity index is 1020. The average Bonchev–Trinajstić information content (AvgIpc) is 3.20. The second kappa shape index (κ2) is 8.75. The number of carbonyl (C=O) groups excluding carboxylic acids is 2. The van der Waals surface area contributed by atoms with E-state index in [0.717, 1.165) is 34.8 Å². The number of nitrogens with one attached hydrogen (secondary N) is 3. The van der Waals surface area contributed by atoms with E-state index in [-0.39, 0.29) is 11.9 Å². The number of benzene rings is 1. The number of hydrogen-bond donors (Lipinski definition) is 3. The van der Waals surface area contributed by atoms with Crippen molar-refractivity contribution in [1.82, 2.24) is 15.6 Å². The number of anilines is 1. The van der Waals surface area contributed by atoms with Crippen LogP contribution in [0.2, 0.25) is 0 Å². The molecular formula is C21H22N4O2S2. The molecule has 0 radical (unpaired) electrons. The Kier molecular flexibility index (Phi) is 5.92. The number of amides is 3. The van der Waals surface area contributed by atoms with Crippen molar-refractivity contribution in [2.45, 2.75) is 32.2 Å². The zero-order chi connectivity index (χ0) is 20.2. The number of carbonyl (C=O) groups is 2. The van der Waals surface area contributed by atoms with Gasteiger partial charge in [-0.25, -0.2) is 9.78 Å². The summed E-state index contributed by atoms with van der Waals surface area (Å²) in [5.74, 6) is -0.150. The highest BCUT2D eigenvalue weighted by atomic mass is 32.1. The third-order valence-electron chi connectivity index (χ3n) is 4.49. The summed E-state index contributed by atoms with van der Waals surface area (Å²) in [6.07, 6.45) is 2.83. The molecule has 1 aromatic carbocycles. The number of thiophene rings is 1. The predicted molar refractivity (Wildman–Crippen MR) is 118 cm³/mol. The van der Waals surface area contributed by atoms with Crippen molar-refractivity contribution in [3.8, 4) is 10.6 Å². The van der Waals surface area contributed by atoms with Crippen molar-refractivity contribution >= 4 is 40.3 Å². The maximum Gasteiger partial charge on any atom is 0.319 e. The highest BCUT2D eigenvalue weighted by molar-refractivity contribution is 7.16. The normalized spacial score (nSPS) is 13.1. The summed E-state index contributed by atoms with van der Waals surface area (Å²) in [5, 5.41) is 11.7. The Morgan fingerprint density at radius 1 is 1.21 bits per heavy atom. The smallest absolute Gasteiger partial charge is 0.319 e. The standard InChI is InChI=1S/C21H22N4O2S2/c1-13-23-18(12-28-13)19-8-7-17(29-19)9-10-22-20(26)14-3-2-4-16(11-14)25-21(27)24-15-5-6-15/h2-4,7-8,11-12,15H,5-6,9-10H2,1H3,(H,22,26)(H2,24,25,27). The zero-order valence-electron chi connectivity index (χ0n) is 16.0. The van der Waals surface area contributed by atoms with Gasteiger partial charge in [-0.15, -0.1) is 22.7 Å². The van der Waals surface area contributed by atoms with Gasteiger partial charge in [-0.05, 0) is 56.5 Å². The minimum Gasteiger partial charge on any atom is -0.352 e. The van der Waals surface area contributed by atoms with Crippen molar-refractivity contribution in [3.63, 3.8) is 0 Å². The molecule has 0 atom stereocenters. The van der Waals surface area contributed by atoms with Gasteiger partial charge >= 0.3 is 6.03 Å². The summed E-state index contributed by atoms with van der Waals surface area (Å²) >= 11 is 3.35. The number of aryl methyl sites for hydroxylation is 1. The number of aromatic nitrogens is 1. The fourth-order valence-corrected chi connectivity index (χ4v) is 4.50. The predicted octanol–water partition coefficient (Wildman–Crippen LogP) is 4.44. The van der Waals surface area contributed by atoms with Crippen molar-refractivity contribution in [3.05, 3.63) is 57.2 Å².